The number of carbonyl (C=O) groups excluding carboxylic acids is 1. The molecule has 1 atom stereocenters. The van der Waals surface area contributed by atoms with Crippen LogP contribution in [0.3, 0.4) is 0 Å². The number of nitrogens with zero attached hydrogens (tertiary/aromatic N) is 1. The van der Waals surface area contributed by atoms with E-state index in [-0.39, 0.29) is 11.7 Å². The van der Waals surface area contributed by atoms with Crippen LogP contribution in [-0.4, -0.2) is 23.9 Å². The Hall–Kier alpha value is -1.68. The van der Waals surface area contributed by atoms with Crippen molar-refractivity contribution in [2.45, 2.75) is 12.3 Å². The first kappa shape index (κ1) is 14.3. The van der Waals surface area contributed by atoms with Crippen molar-refractivity contribution >= 4 is 21.8 Å². The molecule has 0 bridgehead atoms. The summed E-state index contributed by atoms with van der Waals surface area (Å²) in [5.41, 5.74) is 1.79. The zero-order valence-electron chi connectivity index (χ0n) is 11.4. The van der Waals surface area contributed by atoms with Gasteiger partial charge in [-0.05, 0) is 46.1 Å². The van der Waals surface area contributed by atoms with Crippen molar-refractivity contribution in [1.29, 1.82) is 0 Å². The van der Waals surface area contributed by atoms with Gasteiger partial charge in [-0.25, -0.2) is 4.39 Å². The van der Waals surface area contributed by atoms with E-state index in [1.54, 1.807) is 0 Å². The van der Waals surface area contributed by atoms with E-state index < -0.39 is 0 Å². The monoisotopic (exact) mass is 347 g/mol. The molecule has 0 saturated carbocycles. The second kappa shape index (κ2) is 5.98. The minimum Gasteiger partial charge on any atom is -0.338 e. The molecule has 2 nitrogen and oxygen atoms in total. The maximum absolute atomic E-state index is 13.1. The van der Waals surface area contributed by atoms with Gasteiger partial charge >= 0.3 is 0 Å². The van der Waals surface area contributed by atoms with Gasteiger partial charge in [-0.3, -0.25) is 4.79 Å². The molecule has 3 rings (SSSR count). The normalized spacial score (nSPS) is 18.0. The number of hydrogen-bond donors (Lipinski definition) is 0. The molecule has 1 aliphatic rings. The molecule has 1 saturated heterocycles. The number of benzene rings is 2. The third kappa shape index (κ3) is 3.00. The van der Waals surface area contributed by atoms with Crippen molar-refractivity contribution in [2.24, 2.45) is 0 Å². The van der Waals surface area contributed by atoms with Gasteiger partial charge in [0.25, 0.3) is 5.91 Å². The lowest BCUT2D eigenvalue weighted by molar-refractivity contribution is 0.0790. The second-order valence-corrected chi connectivity index (χ2v) is 6.13. The van der Waals surface area contributed by atoms with Crippen LogP contribution in [0.1, 0.15) is 28.3 Å². The lowest BCUT2D eigenvalue weighted by atomic mass is 9.99. The summed E-state index contributed by atoms with van der Waals surface area (Å²) in [5, 5.41) is 0. The third-order valence-electron chi connectivity index (χ3n) is 3.91. The van der Waals surface area contributed by atoms with Gasteiger partial charge in [-0.1, -0.05) is 30.3 Å². The Kier molecular flexibility index (Phi) is 4.06. The number of halogens is 2. The fraction of sp³-hybridized carbons (Fsp3) is 0.235. The van der Waals surface area contributed by atoms with E-state index in [1.165, 1.54) is 23.8 Å². The quantitative estimate of drug-likeness (QED) is 0.796. The average molecular weight is 348 g/mol. The number of hydrogen-bond acceptors (Lipinski definition) is 1. The predicted octanol–water partition coefficient (Wildman–Crippen LogP) is 4.22. The van der Waals surface area contributed by atoms with Crippen LogP contribution in [-0.2, 0) is 0 Å². The van der Waals surface area contributed by atoms with Crippen LogP contribution in [0.2, 0.25) is 0 Å². The van der Waals surface area contributed by atoms with Gasteiger partial charge in [0.05, 0.1) is 5.56 Å². The number of rotatable bonds is 2. The number of carbonyl (C=O) groups is 1. The molecule has 1 amide bonds. The molecule has 2 aromatic carbocycles. The zero-order valence-corrected chi connectivity index (χ0v) is 13.0. The Morgan fingerprint density at radius 3 is 2.67 bits per heavy atom. The number of likely N-dealkylation sites (tertiary alicyclic amines) is 1. The first-order chi connectivity index (χ1) is 10.1. The van der Waals surface area contributed by atoms with Crippen LogP contribution in [0.25, 0.3) is 0 Å². The van der Waals surface area contributed by atoms with Gasteiger partial charge in [0.1, 0.15) is 5.82 Å². The van der Waals surface area contributed by atoms with Crippen LogP contribution in [0, 0.1) is 5.82 Å². The maximum atomic E-state index is 13.1. The average Bonchev–Trinajstić information content (AvgIpc) is 2.97. The summed E-state index contributed by atoms with van der Waals surface area (Å²) in [7, 11) is 0. The highest BCUT2D eigenvalue weighted by molar-refractivity contribution is 9.10. The van der Waals surface area contributed by atoms with Crippen LogP contribution in [0.5, 0.6) is 0 Å². The minimum absolute atomic E-state index is 0.0414. The van der Waals surface area contributed by atoms with Crippen molar-refractivity contribution in [2.75, 3.05) is 13.1 Å². The topological polar surface area (TPSA) is 20.3 Å². The molecule has 0 spiro atoms. The highest BCUT2D eigenvalue weighted by Crippen LogP contribution is 2.29. The lowest BCUT2D eigenvalue weighted by Crippen LogP contribution is -2.28. The molecular weight excluding hydrogens is 333 g/mol. The van der Waals surface area contributed by atoms with Crippen molar-refractivity contribution in [3.8, 4) is 0 Å². The second-order valence-electron chi connectivity index (χ2n) is 5.27. The highest BCUT2D eigenvalue weighted by atomic mass is 79.9. The van der Waals surface area contributed by atoms with E-state index in [0.717, 1.165) is 13.0 Å². The van der Waals surface area contributed by atoms with Gasteiger partial charge < -0.3 is 4.90 Å². The van der Waals surface area contributed by atoms with E-state index in [2.05, 4.69) is 28.1 Å². The van der Waals surface area contributed by atoms with Crippen molar-refractivity contribution in [1.82, 2.24) is 4.90 Å². The molecule has 21 heavy (non-hydrogen) atoms. The van der Waals surface area contributed by atoms with E-state index in [9.17, 15) is 9.18 Å². The summed E-state index contributed by atoms with van der Waals surface area (Å²) >= 11 is 3.27. The van der Waals surface area contributed by atoms with Crippen molar-refractivity contribution in [3.05, 3.63) is 69.9 Å². The molecule has 4 heteroatoms. The molecular formula is C17H15BrFNO. The Morgan fingerprint density at radius 1 is 1.19 bits per heavy atom. The lowest BCUT2D eigenvalue weighted by Gasteiger charge is -2.17. The smallest absolute Gasteiger partial charge is 0.255 e. The largest absolute Gasteiger partial charge is 0.338 e. The first-order valence-corrected chi connectivity index (χ1v) is 7.74. The molecule has 1 heterocycles. The Labute approximate surface area is 131 Å². The van der Waals surface area contributed by atoms with Gasteiger partial charge in [-0.15, -0.1) is 0 Å². The Bertz CT molecular complexity index is 659. The molecule has 108 valence electrons. The van der Waals surface area contributed by atoms with Crippen LogP contribution in [0.4, 0.5) is 4.39 Å². The molecule has 0 N–H and O–H groups in total. The Balaban J connectivity index is 1.75. The van der Waals surface area contributed by atoms with Crippen LogP contribution in [0.15, 0.2) is 53.0 Å². The van der Waals surface area contributed by atoms with Crippen molar-refractivity contribution in [3.63, 3.8) is 0 Å². The SMILES string of the molecule is O=C(c1ccc(F)cc1Br)N1CCC(c2ccccc2)C1. The fourth-order valence-corrected chi connectivity index (χ4v) is 3.30. The van der Waals surface area contributed by atoms with E-state index in [0.29, 0.717) is 22.5 Å². The zero-order chi connectivity index (χ0) is 14.8. The molecule has 2 aromatic rings. The predicted molar refractivity (Wildman–Crippen MR) is 83.8 cm³/mol. The van der Waals surface area contributed by atoms with Crippen LogP contribution >= 0.6 is 15.9 Å². The molecule has 1 aliphatic heterocycles. The number of amides is 1. The molecule has 0 aliphatic carbocycles. The molecule has 0 radical (unpaired) electrons. The Morgan fingerprint density at radius 2 is 1.95 bits per heavy atom. The van der Waals surface area contributed by atoms with Gasteiger partial charge in [-0.2, -0.15) is 0 Å². The van der Waals surface area contributed by atoms with Crippen LogP contribution < -0.4 is 0 Å². The summed E-state index contributed by atoms with van der Waals surface area (Å²) in [4.78, 5) is 14.4. The van der Waals surface area contributed by atoms with Gasteiger partial charge in [0.2, 0.25) is 0 Å². The summed E-state index contributed by atoms with van der Waals surface area (Å²) in [6.45, 7) is 1.45. The van der Waals surface area contributed by atoms with E-state index in [4.69, 9.17) is 0 Å². The minimum atomic E-state index is -0.345. The standard InChI is InChI=1S/C17H15BrFNO/c18-16-10-14(19)6-7-15(16)17(21)20-9-8-13(11-20)12-4-2-1-3-5-12/h1-7,10,13H,8-9,11H2. The summed E-state index contributed by atoms with van der Waals surface area (Å²) in [6, 6.07) is 14.4. The van der Waals surface area contributed by atoms with Gasteiger partial charge in [0, 0.05) is 23.5 Å². The summed E-state index contributed by atoms with van der Waals surface area (Å²) < 4.78 is 13.6. The summed E-state index contributed by atoms with van der Waals surface area (Å²) in [5.74, 6) is -0.00307. The highest BCUT2D eigenvalue weighted by Gasteiger charge is 2.28. The third-order valence-corrected chi connectivity index (χ3v) is 4.56. The molecule has 1 unspecified atom stereocenters. The first-order valence-electron chi connectivity index (χ1n) is 6.94. The molecule has 1 fully saturated rings. The fourth-order valence-electron chi connectivity index (χ4n) is 2.78. The maximum Gasteiger partial charge on any atom is 0.255 e. The van der Waals surface area contributed by atoms with Crippen molar-refractivity contribution < 1.29 is 9.18 Å². The van der Waals surface area contributed by atoms with E-state index >= 15 is 0 Å². The molecule has 0 aromatic heterocycles. The van der Waals surface area contributed by atoms with E-state index in [1.807, 2.05) is 23.1 Å². The summed E-state index contributed by atoms with van der Waals surface area (Å²) in [6.07, 6.45) is 0.967. The van der Waals surface area contributed by atoms with Gasteiger partial charge in [0.15, 0.2) is 0 Å².